The largest absolute Gasteiger partial charge is 0.480 e. The molecule has 4 unspecified atom stereocenters. The third-order valence-electron chi connectivity index (χ3n) is 4.89. The third kappa shape index (κ3) is 4.48. The Morgan fingerprint density at radius 3 is 2.42 bits per heavy atom. The Labute approximate surface area is 118 Å². The number of rotatable bonds is 6. The van der Waals surface area contributed by atoms with E-state index < -0.39 is 5.97 Å². The molecule has 19 heavy (non-hydrogen) atoms. The van der Waals surface area contributed by atoms with Crippen LogP contribution in [-0.4, -0.2) is 34.6 Å². The number of carboxylic acid groups (broad SMARTS) is 1. The van der Waals surface area contributed by atoms with Crippen LogP contribution in [0, 0.1) is 17.8 Å². The van der Waals surface area contributed by atoms with Crippen LogP contribution in [0.1, 0.15) is 60.3 Å². The molecule has 4 atom stereocenters. The van der Waals surface area contributed by atoms with E-state index in [2.05, 4.69) is 39.5 Å². The Hall–Kier alpha value is -0.570. The van der Waals surface area contributed by atoms with Crippen molar-refractivity contribution in [1.82, 2.24) is 4.90 Å². The van der Waals surface area contributed by atoms with Gasteiger partial charge in [-0.15, -0.1) is 0 Å². The molecule has 1 fully saturated rings. The minimum Gasteiger partial charge on any atom is -0.480 e. The zero-order chi connectivity index (χ0) is 14.6. The molecule has 0 saturated heterocycles. The van der Waals surface area contributed by atoms with Gasteiger partial charge in [0.2, 0.25) is 0 Å². The van der Waals surface area contributed by atoms with Crippen molar-refractivity contribution >= 4 is 5.97 Å². The van der Waals surface area contributed by atoms with E-state index in [1.807, 2.05) is 0 Å². The fourth-order valence-electron chi connectivity index (χ4n) is 3.52. The van der Waals surface area contributed by atoms with Crippen LogP contribution in [0.3, 0.4) is 0 Å². The average Bonchev–Trinajstić information content (AvgIpc) is 2.34. The Balaban J connectivity index is 2.90. The highest BCUT2D eigenvalue weighted by Gasteiger charge is 2.36. The molecule has 112 valence electrons. The highest BCUT2D eigenvalue weighted by molar-refractivity contribution is 5.69. The third-order valence-corrected chi connectivity index (χ3v) is 4.89. The van der Waals surface area contributed by atoms with Gasteiger partial charge >= 0.3 is 5.97 Å². The molecule has 0 heterocycles. The summed E-state index contributed by atoms with van der Waals surface area (Å²) in [5.74, 6) is 1.31. The zero-order valence-corrected chi connectivity index (χ0v) is 13.2. The Morgan fingerprint density at radius 2 is 1.95 bits per heavy atom. The predicted molar refractivity (Wildman–Crippen MR) is 79.2 cm³/mol. The molecule has 0 aromatic carbocycles. The summed E-state index contributed by atoms with van der Waals surface area (Å²) in [5.41, 5.74) is 0. The minimum atomic E-state index is -0.693. The zero-order valence-electron chi connectivity index (χ0n) is 13.2. The van der Waals surface area contributed by atoms with Gasteiger partial charge < -0.3 is 5.11 Å². The molecular weight excluding hydrogens is 238 g/mol. The normalized spacial score (nSPS) is 29.7. The Morgan fingerprint density at radius 1 is 1.32 bits per heavy atom. The summed E-state index contributed by atoms with van der Waals surface area (Å²) in [6.07, 6.45) is 4.71. The SMILES string of the molecule is CCC(C)N(CC(=O)O)C1CC(C)CCC1C(C)C. The molecule has 0 amide bonds. The van der Waals surface area contributed by atoms with Gasteiger partial charge in [-0.2, -0.15) is 0 Å². The maximum Gasteiger partial charge on any atom is 0.317 e. The first-order valence-electron chi connectivity index (χ1n) is 7.84. The van der Waals surface area contributed by atoms with Gasteiger partial charge in [-0.3, -0.25) is 9.69 Å². The number of carbonyl (C=O) groups is 1. The second-order valence-corrected chi connectivity index (χ2v) is 6.72. The lowest BCUT2D eigenvalue weighted by molar-refractivity contribution is -0.140. The monoisotopic (exact) mass is 269 g/mol. The molecule has 1 saturated carbocycles. The Kier molecular flexibility index (Phi) is 6.31. The van der Waals surface area contributed by atoms with Crippen LogP contribution in [0.2, 0.25) is 0 Å². The fourth-order valence-corrected chi connectivity index (χ4v) is 3.52. The van der Waals surface area contributed by atoms with Crippen LogP contribution in [-0.2, 0) is 4.79 Å². The standard InChI is InChI=1S/C16H31NO2/c1-6-13(5)17(10-16(18)19)15-9-12(4)7-8-14(15)11(2)3/h11-15H,6-10H2,1-5H3,(H,18,19). The number of aliphatic carboxylic acids is 1. The average molecular weight is 269 g/mol. The molecule has 0 aromatic heterocycles. The summed E-state index contributed by atoms with van der Waals surface area (Å²) >= 11 is 0. The van der Waals surface area contributed by atoms with Crippen molar-refractivity contribution in [3.8, 4) is 0 Å². The van der Waals surface area contributed by atoms with Crippen LogP contribution < -0.4 is 0 Å². The fraction of sp³-hybridized carbons (Fsp3) is 0.938. The lowest BCUT2D eigenvalue weighted by atomic mass is 9.73. The first kappa shape index (κ1) is 16.5. The summed E-state index contributed by atoms with van der Waals surface area (Å²) in [7, 11) is 0. The van der Waals surface area contributed by atoms with E-state index in [1.54, 1.807) is 0 Å². The number of nitrogens with zero attached hydrogens (tertiary/aromatic N) is 1. The maximum atomic E-state index is 11.2. The Bertz CT molecular complexity index is 290. The smallest absolute Gasteiger partial charge is 0.317 e. The predicted octanol–water partition coefficient (Wildman–Crippen LogP) is 3.63. The lowest BCUT2D eigenvalue weighted by Gasteiger charge is -2.45. The van der Waals surface area contributed by atoms with Gasteiger partial charge in [-0.05, 0) is 43.9 Å². The summed E-state index contributed by atoms with van der Waals surface area (Å²) in [6.45, 7) is 11.4. The van der Waals surface area contributed by atoms with Gasteiger partial charge in [0.25, 0.3) is 0 Å². The van der Waals surface area contributed by atoms with E-state index in [1.165, 1.54) is 12.8 Å². The molecule has 0 radical (unpaired) electrons. The summed E-state index contributed by atoms with van der Waals surface area (Å²) in [4.78, 5) is 13.4. The van der Waals surface area contributed by atoms with Crippen molar-refractivity contribution in [2.24, 2.45) is 17.8 Å². The van der Waals surface area contributed by atoms with Crippen molar-refractivity contribution in [3.05, 3.63) is 0 Å². The van der Waals surface area contributed by atoms with E-state index in [4.69, 9.17) is 0 Å². The highest BCUT2D eigenvalue weighted by atomic mass is 16.4. The van der Waals surface area contributed by atoms with Crippen LogP contribution in [0.25, 0.3) is 0 Å². The molecule has 1 aliphatic rings. The van der Waals surface area contributed by atoms with Gasteiger partial charge in [0.05, 0.1) is 6.54 Å². The molecule has 0 aliphatic heterocycles. The molecule has 1 rings (SSSR count). The first-order valence-corrected chi connectivity index (χ1v) is 7.84. The molecule has 3 nitrogen and oxygen atoms in total. The van der Waals surface area contributed by atoms with Crippen LogP contribution >= 0.6 is 0 Å². The van der Waals surface area contributed by atoms with Crippen molar-refractivity contribution in [1.29, 1.82) is 0 Å². The second kappa shape index (κ2) is 7.28. The topological polar surface area (TPSA) is 40.5 Å². The lowest BCUT2D eigenvalue weighted by Crippen LogP contribution is -2.51. The van der Waals surface area contributed by atoms with Crippen LogP contribution in [0.5, 0.6) is 0 Å². The number of hydrogen-bond donors (Lipinski definition) is 1. The van der Waals surface area contributed by atoms with Gasteiger partial charge in [-0.25, -0.2) is 0 Å². The molecule has 1 aliphatic carbocycles. The van der Waals surface area contributed by atoms with E-state index >= 15 is 0 Å². The van der Waals surface area contributed by atoms with Crippen molar-refractivity contribution in [3.63, 3.8) is 0 Å². The molecule has 0 spiro atoms. The van der Waals surface area contributed by atoms with E-state index in [-0.39, 0.29) is 6.54 Å². The van der Waals surface area contributed by atoms with Gasteiger partial charge in [0.15, 0.2) is 0 Å². The van der Waals surface area contributed by atoms with Crippen molar-refractivity contribution in [2.45, 2.75) is 72.4 Å². The molecular formula is C16H31NO2. The molecule has 0 aromatic rings. The molecule has 3 heteroatoms. The van der Waals surface area contributed by atoms with Crippen LogP contribution in [0.15, 0.2) is 0 Å². The van der Waals surface area contributed by atoms with Gasteiger partial charge in [-0.1, -0.05) is 34.1 Å². The second-order valence-electron chi connectivity index (χ2n) is 6.72. The van der Waals surface area contributed by atoms with E-state index in [0.29, 0.717) is 23.9 Å². The molecule has 1 N–H and O–H groups in total. The van der Waals surface area contributed by atoms with E-state index in [9.17, 15) is 9.90 Å². The quantitative estimate of drug-likeness (QED) is 0.800. The van der Waals surface area contributed by atoms with Gasteiger partial charge in [0, 0.05) is 12.1 Å². The van der Waals surface area contributed by atoms with E-state index in [0.717, 1.165) is 18.8 Å². The van der Waals surface area contributed by atoms with Crippen LogP contribution in [0.4, 0.5) is 0 Å². The molecule has 0 bridgehead atoms. The number of carboxylic acids is 1. The maximum absolute atomic E-state index is 11.2. The summed E-state index contributed by atoms with van der Waals surface area (Å²) in [6, 6.07) is 0.794. The summed E-state index contributed by atoms with van der Waals surface area (Å²) in [5, 5.41) is 9.21. The summed E-state index contributed by atoms with van der Waals surface area (Å²) < 4.78 is 0. The number of hydrogen-bond acceptors (Lipinski definition) is 2. The van der Waals surface area contributed by atoms with Gasteiger partial charge in [0.1, 0.15) is 0 Å². The highest BCUT2D eigenvalue weighted by Crippen LogP contribution is 2.37. The van der Waals surface area contributed by atoms with Crippen molar-refractivity contribution < 1.29 is 9.90 Å². The van der Waals surface area contributed by atoms with Crippen molar-refractivity contribution in [2.75, 3.05) is 6.54 Å². The minimum absolute atomic E-state index is 0.190. The first-order chi connectivity index (χ1) is 8.86.